The van der Waals surface area contributed by atoms with E-state index in [1.807, 2.05) is 53.4 Å². The van der Waals surface area contributed by atoms with Crippen LogP contribution in [0, 0.1) is 6.92 Å². The number of benzene rings is 2. The van der Waals surface area contributed by atoms with E-state index in [0.717, 1.165) is 41.5 Å². The first-order valence-electron chi connectivity index (χ1n) is 9.52. The quantitative estimate of drug-likeness (QED) is 0.587. The molecule has 1 aliphatic rings. The number of amides is 1. The summed E-state index contributed by atoms with van der Waals surface area (Å²) in [6, 6.07) is 16.0. The molecule has 0 radical (unpaired) electrons. The Labute approximate surface area is 172 Å². The van der Waals surface area contributed by atoms with E-state index in [1.54, 1.807) is 0 Å². The number of aryl methyl sites for hydroxylation is 1. The third-order valence-electron chi connectivity index (χ3n) is 5.25. The molecule has 1 aliphatic heterocycles. The van der Waals surface area contributed by atoms with E-state index in [9.17, 15) is 4.79 Å². The van der Waals surface area contributed by atoms with Crippen LogP contribution < -0.4 is 0 Å². The van der Waals surface area contributed by atoms with Crippen molar-refractivity contribution in [3.63, 3.8) is 0 Å². The SMILES string of the molecule is Cc1ccc(-c2noc(C3CCN(C(=O)Cc4ccccc4Br)CC3)n2)cc1. The molecule has 0 aliphatic carbocycles. The van der Waals surface area contributed by atoms with Gasteiger partial charge in [0.25, 0.3) is 0 Å². The predicted molar refractivity (Wildman–Crippen MR) is 111 cm³/mol. The maximum Gasteiger partial charge on any atom is 0.230 e. The van der Waals surface area contributed by atoms with Crippen molar-refractivity contribution in [1.82, 2.24) is 15.0 Å². The van der Waals surface area contributed by atoms with Crippen LogP contribution >= 0.6 is 15.9 Å². The van der Waals surface area contributed by atoms with Crippen molar-refractivity contribution in [2.45, 2.75) is 32.1 Å². The van der Waals surface area contributed by atoms with Gasteiger partial charge in [-0.15, -0.1) is 0 Å². The second-order valence-corrected chi connectivity index (χ2v) is 8.10. The van der Waals surface area contributed by atoms with E-state index in [1.165, 1.54) is 5.56 Å². The summed E-state index contributed by atoms with van der Waals surface area (Å²) in [5, 5.41) is 4.14. The number of hydrogen-bond acceptors (Lipinski definition) is 4. The van der Waals surface area contributed by atoms with Crippen molar-refractivity contribution >= 4 is 21.8 Å². The molecule has 1 amide bonds. The van der Waals surface area contributed by atoms with Crippen LogP contribution in [0.5, 0.6) is 0 Å². The summed E-state index contributed by atoms with van der Waals surface area (Å²) in [6.45, 7) is 3.49. The van der Waals surface area contributed by atoms with Gasteiger partial charge in [-0.05, 0) is 31.4 Å². The van der Waals surface area contributed by atoms with Gasteiger partial charge in [-0.25, -0.2) is 0 Å². The molecule has 0 N–H and O–H groups in total. The third kappa shape index (κ3) is 4.17. The van der Waals surface area contributed by atoms with Crippen LogP contribution in [0.4, 0.5) is 0 Å². The first-order chi connectivity index (χ1) is 13.6. The van der Waals surface area contributed by atoms with Crippen LogP contribution in [0.25, 0.3) is 11.4 Å². The molecule has 28 heavy (non-hydrogen) atoms. The number of rotatable bonds is 4. The summed E-state index contributed by atoms with van der Waals surface area (Å²) in [5.41, 5.74) is 3.18. The normalized spacial score (nSPS) is 15.0. The van der Waals surface area contributed by atoms with Crippen molar-refractivity contribution in [3.8, 4) is 11.4 Å². The Balaban J connectivity index is 1.36. The van der Waals surface area contributed by atoms with E-state index >= 15 is 0 Å². The smallest absolute Gasteiger partial charge is 0.230 e. The fourth-order valence-corrected chi connectivity index (χ4v) is 3.94. The van der Waals surface area contributed by atoms with Crippen LogP contribution in [-0.4, -0.2) is 34.0 Å². The second kappa shape index (κ2) is 8.27. The standard InChI is InChI=1S/C22H22BrN3O2/c1-15-6-8-16(9-7-15)21-24-22(28-25-21)17-10-12-26(13-11-17)20(27)14-18-4-2-3-5-19(18)23/h2-9,17H,10-14H2,1H3. The minimum Gasteiger partial charge on any atom is -0.342 e. The molecule has 2 aromatic carbocycles. The van der Waals surface area contributed by atoms with Crippen LogP contribution in [0.2, 0.25) is 0 Å². The fraction of sp³-hybridized carbons (Fsp3) is 0.318. The molecule has 0 saturated carbocycles. The minimum absolute atomic E-state index is 0.163. The van der Waals surface area contributed by atoms with Gasteiger partial charge in [-0.3, -0.25) is 4.79 Å². The number of carbonyl (C=O) groups excluding carboxylic acids is 1. The summed E-state index contributed by atoms with van der Waals surface area (Å²) in [4.78, 5) is 19.2. The van der Waals surface area contributed by atoms with Gasteiger partial charge in [0.2, 0.25) is 17.6 Å². The lowest BCUT2D eigenvalue weighted by Crippen LogP contribution is -2.38. The molecule has 2 heterocycles. The Morgan fingerprint density at radius 2 is 1.86 bits per heavy atom. The Morgan fingerprint density at radius 3 is 2.57 bits per heavy atom. The molecule has 6 heteroatoms. The van der Waals surface area contributed by atoms with Gasteiger partial charge in [-0.1, -0.05) is 69.1 Å². The van der Waals surface area contributed by atoms with E-state index in [0.29, 0.717) is 18.1 Å². The molecule has 0 bridgehead atoms. The highest BCUT2D eigenvalue weighted by Gasteiger charge is 2.27. The molecule has 5 nitrogen and oxygen atoms in total. The third-order valence-corrected chi connectivity index (χ3v) is 6.02. The monoisotopic (exact) mass is 439 g/mol. The summed E-state index contributed by atoms with van der Waals surface area (Å²) >= 11 is 3.52. The Kier molecular flexibility index (Phi) is 5.57. The van der Waals surface area contributed by atoms with Gasteiger partial charge >= 0.3 is 0 Å². The Morgan fingerprint density at radius 1 is 1.14 bits per heavy atom. The summed E-state index contributed by atoms with van der Waals surface area (Å²) < 4.78 is 6.50. The molecule has 144 valence electrons. The van der Waals surface area contributed by atoms with Crippen LogP contribution in [0.1, 0.15) is 35.8 Å². The molecule has 4 rings (SSSR count). The molecular weight excluding hydrogens is 418 g/mol. The maximum atomic E-state index is 12.6. The molecule has 1 aromatic heterocycles. The van der Waals surface area contributed by atoms with E-state index in [2.05, 4.69) is 33.0 Å². The number of halogens is 1. The van der Waals surface area contributed by atoms with Crippen molar-refractivity contribution < 1.29 is 9.32 Å². The summed E-state index contributed by atoms with van der Waals surface area (Å²) in [6.07, 6.45) is 2.11. The van der Waals surface area contributed by atoms with E-state index < -0.39 is 0 Å². The minimum atomic E-state index is 0.163. The number of piperidine rings is 1. The van der Waals surface area contributed by atoms with Crippen LogP contribution in [0.3, 0.4) is 0 Å². The maximum absolute atomic E-state index is 12.6. The lowest BCUT2D eigenvalue weighted by molar-refractivity contribution is -0.131. The highest BCUT2D eigenvalue weighted by molar-refractivity contribution is 9.10. The van der Waals surface area contributed by atoms with Gasteiger partial charge in [-0.2, -0.15) is 4.98 Å². The van der Waals surface area contributed by atoms with E-state index in [4.69, 9.17) is 4.52 Å². The fourth-order valence-electron chi connectivity index (χ4n) is 3.51. The highest BCUT2D eigenvalue weighted by Crippen LogP contribution is 2.29. The molecule has 0 atom stereocenters. The zero-order valence-electron chi connectivity index (χ0n) is 15.8. The van der Waals surface area contributed by atoms with Gasteiger partial charge < -0.3 is 9.42 Å². The molecule has 1 saturated heterocycles. The molecule has 0 unspecified atom stereocenters. The van der Waals surface area contributed by atoms with Gasteiger partial charge in [0, 0.05) is 29.0 Å². The number of nitrogens with zero attached hydrogens (tertiary/aromatic N) is 3. The molecule has 1 fully saturated rings. The summed E-state index contributed by atoms with van der Waals surface area (Å²) in [7, 11) is 0. The van der Waals surface area contributed by atoms with Crippen molar-refractivity contribution in [2.24, 2.45) is 0 Å². The van der Waals surface area contributed by atoms with Crippen LogP contribution in [-0.2, 0) is 11.2 Å². The first-order valence-corrected chi connectivity index (χ1v) is 10.3. The lowest BCUT2D eigenvalue weighted by atomic mass is 9.96. The van der Waals surface area contributed by atoms with Gasteiger partial charge in [0.15, 0.2) is 0 Å². The zero-order valence-corrected chi connectivity index (χ0v) is 17.4. The topological polar surface area (TPSA) is 59.2 Å². The largest absolute Gasteiger partial charge is 0.342 e. The van der Waals surface area contributed by atoms with Crippen molar-refractivity contribution in [1.29, 1.82) is 0 Å². The first kappa shape index (κ1) is 18.9. The van der Waals surface area contributed by atoms with Crippen molar-refractivity contribution in [2.75, 3.05) is 13.1 Å². The summed E-state index contributed by atoms with van der Waals surface area (Å²) in [5.74, 6) is 1.67. The Hall–Kier alpha value is -2.47. The average molecular weight is 440 g/mol. The molecular formula is C22H22BrN3O2. The van der Waals surface area contributed by atoms with Gasteiger partial charge in [0.1, 0.15) is 0 Å². The van der Waals surface area contributed by atoms with Crippen molar-refractivity contribution in [3.05, 3.63) is 70.0 Å². The van der Waals surface area contributed by atoms with Crippen LogP contribution in [0.15, 0.2) is 57.5 Å². The lowest BCUT2D eigenvalue weighted by Gasteiger charge is -2.30. The molecule has 3 aromatic rings. The Bertz CT molecular complexity index is 960. The predicted octanol–water partition coefficient (Wildman–Crippen LogP) is 4.76. The number of carbonyl (C=O) groups is 1. The average Bonchev–Trinajstić information content (AvgIpc) is 3.20. The second-order valence-electron chi connectivity index (χ2n) is 7.25. The number of aromatic nitrogens is 2. The zero-order chi connectivity index (χ0) is 19.5. The van der Waals surface area contributed by atoms with E-state index in [-0.39, 0.29) is 11.8 Å². The number of likely N-dealkylation sites (tertiary alicyclic amines) is 1. The van der Waals surface area contributed by atoms with Gasteiger partial charge in [0.05, 0.1) is 6.42 Å². The molecule has 0 spiro atoms. The highest BCUT2D eigenvalue weighted by atomic mass is 79.9. The number of hydrogen-bond donors (Lipinski definition) is 0.